The van der Waals surface area contributed by atoms with Crippen molar-refractivity contribution in [3.05, 3.63) is 29.8 Å². The molecule has 5 nitrogen and oxygen atoms in total. The summed E-state index contributed by atoms with van der Waals surface area (Å²) in [4.78, 5) is -0.802. The quantitative estimate of drug-likeness (QED) is 0.778. The Morgan fingerprint density at radius 2 is 1.72 bits per heavy atom. The van der Waals surface area contributed by atoms with E-state index in [4.69, 9.17) is 0 Å². The van der Waals surface area contributed by atoms with Crippen molar-refractivity contribution in [3.8, 4) is 0 Å². The molecule has 0 bridgehead atoms. The highest BCUT2D eigenvalue weighted by Crippen LogP contribution is 2.24. The van der Waals surface area contributed by atoms with E-state index in [0.29, 0.717) is 12.1 Å². The van der Waals surface area contributed by atoms with Gasteiger partial charge in [0.1, 0.15) is 16.5 Å². The highest BCUT2D eigenvalue weighted by molar-refractivity contribution is 7.89. The summed E-state index contributed by atoms with van der Waals surface area (Å²) in [5, 5.41) is 18.6. The number of halogens is 2. The van der Waals surface area contributed by atoms with Crippen molar-refractivity contribution >= 4 is 10.0 Å². The third-order valence-electron chi connectivity index (χ3n) is 2.74. The van der Waals surface area contributed by atoms with Crippen LogP contribution in [0.5, 0.6) is 0 Å². The minimum Gasteiger partial charge on any atom is -0.389 e. The van der Waals surface area contributed by atoms with Crippen molar-refractivity contribution in [1.29, 1.82) is 0 Å². The van der Waals surface area contributed by atoms with Gasteiger partial charge in [0, 0.05) is 13.1 Å². The van der Waals surface area contributed by atoms with Crippen LogP contribution in [0.3, 0.4) is 0 Å². The number of benzene rings is 1. The Bertz CT molecular complexity index is 553. The van der Waals surface area contributed by atoms with Gasteiger partial charge in [0.05, 0.1) is 12.2 Å². The van der Waals surface area contributed by atoms with Gasteiger partial charge in [-0.05, 0) is 18.2 Å². The summed E-state index contributed by atoms with van der Waals surface area (Å²) in [6, 6.07) is 2.09. The van der Waals surface area contributed by atoms with Crippen LogP contribution in [-0.4, -0.2) is 48.2 Å². The number of hydrogen-bond donors (Lipinski definition) is 2. The van der Waals surface area contributed by atoms with Gasteiger partial charge >= 0.3 is 0 Å². The fourth-order valence-electron chi connectivity index (χ4n) is 1.75. The Hall–Kier alpha value is -1.09. The number of hydrogen-bond acceptors (Lipinski definition) is 4. The van der Waals surface area contributed by atoms with E-state index in [1.54, 1.807) is 0 Å². The number of aliphatic hydroxyl groups excluding tert-OH is 2. The number of nitrogens with zero attached hydrogens (tertiary/aromatic N) is 1. The van der Waals surface area contributed by atoms with E-state index in [9.17, 15) is 27.4 Å². The van der Waals surface area contributed by atoms with Gasteiger partial charge in [0.2, 0.25) is 10.0 Å². The molecule has 0 spiro atoms. The van der Waals surface area contributed by atoms with Crippen molar-refractivity contribution in [3.63, 3.8) is 0 Å². The molecule has 2 unspecified atom stereocenters. The van der Waals surface area contributed by atoms with E-state index >= 15 is 0 Å². The van der Waals surface area contributed by atoms with Crippen LogP contribution in [0.25, 0.3) is 0 Å². The predicted octanol–water partition coefficient (Wildman–Crippen LogP) is -0.309. The number of β-amino-alcohol motifs (C(OH)–C–C–N with tert-alkyl or cyclic N) is 2. The Balaban J connectivity index is 2.40. The zero-order valence-electron chi connectivity index (χ0n) is 9.12. The van der Waals surface area contributed by atoms with E-state index < -0.39 is 38.8 Å². The van der Waals surface area contributed by atoms with E-state index in [1.165, 1.54) is 0 Å². The summed E-state index contributed by atoms with van der Waals surface area (Å²) in [6.45, 7) is -0.696. The zero-order valence-corrected chi connectivity index (χ0v) is 9.94. The minimum atomic E-state index is -4.26. The second-order valence-electron chi connectivity index (χ2n) is 4.03. The van der Waals surface area contributed by atoms with Crippen LogP contribution in [0.1, 0.15) is 0 Å². The van der Waals surface area contributed by atoms with Crippen LogP contribution in [0.2, 0.25) is 0 Å². The molecule has 0 aliphatic carbocycles. The largest absolute Gasteiger partial charge is 0.389 e. The smallest absolute Gasteiger partial charge is 0.246 e. The topological polar surface area (TPSA) is 77.8 Å². The molecule has 1 aromatic rings. The molecular weight excluding hydrogens is 268 g/mol. The molecule has 2 rings (SSSR count). The molecule has 1 saturated heterocycles. The maximum Gasteiger partial charge on any atom is 0.246 e. The van der Waals surface area contributed by atoms with Gasteiger partial charge in [-0.15, -0.1) is 0 Å². The first-order valence-electron chi connectivity index (χ1n) is 5.13. The third-order valence-corrected chi connectivity index (χ3v) is 4.58. The molecule has 1 aromatic carbocycles. The van der Waals surface area contributed by atoms with Crippen LogP contribution in [0.4, 0.5) is 8.78 Å². The van der Waals surface area contributed by atoms with Gasteiger partial charge in [-0.1, -0.05) is 0 Å². The van der Waals surface area contributed by atoms with Crippen molar-refractivity contribution in [2.24, 2.45) is 0 Å². The van der Waals surface area contributed by atoms with Crippen LogP contribution in [0, 0.1) is 11.6 Å². The molecule has 1 heterocycles. The molecule has 2 atom stereocenters. The van der Waals surface area contributed by atoms with Crippen LogP contribution in [0.15, 0.2) is 23.1 Å². The van der Waals surface area contributed by atoms with Crippen molar-refractivity contribution in [2.75, 3.05) is 13.1 Å². The molecule has 100 valence electrons. The zero-order chi connectivity index (χ0) is 13.5. The first-order chi connectivity index (χ1) is 8.32. The Morgan fingerprint density at radius 3 is 2.28 bits per heavy atom. The highest BCUT2D eigenvalue weighted by atomic mass is 32.2. The molecule has 1 aliphatic heterocycles. The van der Waals surface area contributed by atoms with Crippen LogP contribution < -0.4 is 0 Å². The molecule has 2 N–H and O–H groups in total. The molecule has 1 fully saturated rings. The fourth-order valence-corrected chi connectivity index (χ4v) is 3.30. The van der Waals surface area contributed by atoms with E-state index in [1.807, 2.05) is 0 Å². The minimum absolute atomic E-state index is 0.348. The lowest BCUT2D eigenvalue weighted by Gasteiger charge is -2.15. The van der Waals surface area contributed by atoms with Gasteiger partial charge in [-0.3, -0.25) is 0 Å². The summed E-state index contributed by atoms with van der Waals surface area (Å²) in [6.07, 6.45) is -2.45. The Labute approximate surface area is 102 Å². The summed E-state index contributed by atoms with van der Waals surface area (Å²) >= 11 is 0. The van der Waals surface area contributed by atoms with Gasteiger partial charge < -0.3 is 10.2 Å². The van der Waals surface area contributed by atoms with Crippen molar-refractivity contribution in [2.45, 2.75) is 17.1 Å². The van der Waals surface area contributed by atoms with Gasteiger partial charge in [0.25, 0.3) is 0 Å². The maximum atomic E-state index is 13.4. The van der Waals surface area contributed by atoms with Crippen molar-refractivity contribution < 1.29 is 27.4 Å². The van der Waals surface area contributed by atoms with Crippen molar-refractivity contribution in [1.82, 2.24) is 4.31 Å². The second kappa shape index (κ2) is 4.54. The normalized spacial score (nSPS) is 25.6. The van der Waals surface area contributed by atoms with Gasteiger partial charge in [0.15, 0.2) is 0 Å². The molecule has 8 heteroatoms. The fraction of sp³-hybridized carbons (Fsp3) is 0.400. The monoisotopic (exact) mass is 279 g/mol. The molecule has 0 amide bonds. The van der Waals surface area contributed by atoms with E-state index in [0.717, 1.165) is 10.4 Å². The highest BCUT2D eigenvalue weighted by Gasteiger charge is 2.38. The lowest BCUT2D eigenvalue weighted by Crippen LogP contribution is -2.30. The lowest BCUT2D eigenvalue weighted by atomic mass is 10.3. The predicted molar refractivity (Wildman–Crippen MR) is 57.1 cm³/mol. The lowest BCUT2D eigenvalue weighted by molar-refractivity contribution is 0.0572. The summed E-state index contributed by atoms with van der Waals surface area (Å²) in [5.74, 6) is -1.96. The standard InChI is InChI=1S/C10H11F2NO4S/c11-6-1-2-7(12)10(3-6)18(16,17)13-4-8(14)9(15)5-13/h1-3,8-9,14-15H,4-5H2. The Kier molecular flexibility index (Phi) is 3.37. The van der Waals surface area contributed by atoms with E-state index in [2.05, 4.69) is 0 Å². The van der Waals surface area contributed by atoms with E-state index in [-0.39, 0.29) is 13.1 Å². The summed E-state index contributed by atoms with van der Waals surface area (Å²) in [5.41, 5.74) is 0. The van der Waals surface area contributed by atoms with Gasteiger partial charge in [-0.25, -0.2) is 17.2 Å². The maximum absolute atomic E-state index is 13.4. The molecule has 0 saturated carbocycles. The molecular formula is C10H11F2NO4S. The first kappa shape index (κ1) is 13.3. The molecule has 1 aliphatic rings. The third kappa shape index (κ3) is 2.24. The number of rotatable bonds is 2. The average molecular weight is 279 g/mol. The molecule has 0 aromatic heterocycles. The van der Waals surface area contributed by atoms with Gasteiger partial charge in [-0.2, -0.15) is 4.31 Å². The Morgan fingerprint density at radius 1 is 1.17 bits per heavy atom. The average Bonchev–Trinajstić information content (AvgIpc) is 2.63. The SMILES string of the molecule is O=S(=O)(c1cc(F)ccc1F)N1CC(O)C(O)C1. The second-order valence-corrected chi connectivity index (χ2v) is 5.94. The number of sulfonamides is 1. The van der Waals surface area contributed by atoms with Crippen LogP contribution in [-0.2, 0) is 10.0 Å². The first-order valence-corrected chi connectivity index (χ1v) is 6.57. The summed E-state index contributed by atoms with van der Waals surface area (Å²) in [7, 11) is -4.26. The summed E-state index contributed by atoms with van der Waals surface area (Å²) < 4.78 is 51.1. The molecule has 0 radical (unpaired) electrons. The molecule has 18 heavy (non-hydrogen) atoms. The number of aliphatic hydroxyl groups is 2. The van der Waals surface area contributed by atoms with Crippen LogP contribution >= 0.6 is 0 Å².